The van der Waals surface area contributed by atoms with Crippen molar-refractivity contribution in [2.45, 2.75) is 52.2 Å². The minimum Gasteiger partial charge on any atom is -0.494 e. The molecule has 0 amide bonds. The molecule has 3 N–H and O–H groups in total. The molecule has 3 aromatic rings. The topological polar surface area (TPSA) is 95.2 Å². The number of ether oxygens (including phenoxy) is 1. The Morgan fingerprint density at radius 2 is 1.83 bits per heavy atom. The second-order valence-electron chi connectivity index (χ2n) is 8.60. The van der Waals surface area contributed by atoms with Crippen LogP contribution < -0.4 is 4.74 Å². The molecule has 0 radical (unpaired) electrons. The Morgan fingerprint density at radius 1 is 1.11 bits per heavy atom. The monoisotopic (exact) mass is 518 g/mol. The van der Waals surface area contributed by atoms with Crippen molar-refractivity contribution in [2.24, 2.45) is 0 Å². The summed E-state index contributed by atoms with van der Waals surface area (Å²) in [6.45, 7) is 5.69. The highest BCUT2D eigenvalue weighted by Crippen LogP contribution is 2.30. The third-order valence-electron chi connectivity index (χ3n) is 6.05. The van der Waals surface area contributed by atoms with Gasteiger partial charge in [0.25, 0.3) is 0 Å². The van der Waals surface area contributed by atoms with Crippen LogP contribution in [0.1, 0.15) is 49.4 Å². The van der Waals surface area contributed by atoms with E-state index in [1.54, 1.807) is 6.07 Å². The number of carboxylic acid groups (broad SMARTS) is 1. The van der Waals surface area contributed by atoms with Gasteiger partial charge in [-0.25, -0.2) is 4.39 Å². The third-order valence-corrected chi connectivity index (χ3v) is 6.35. The lowest BCUT2D eigenvalue weighted by Crippen LogP contribution is -2.31. The quantitative estimate of drug-likeness (QED) is 0.266. The van der Waals surface area contributed by atoms with Gasteiger partial charge in [0.15, 0.2) is 11.8 Å². The summed E-state index contributed by atoms with van der Waals surface area (Å²) in [4.78, 5) is 13.7. The molecule has 0 spiro atoms. The van der Waals surface area contributed by atoms with Crippen molar-refractivity contribution in [2.75, 3.05) is 13.2 Å². The number of hydrogen-bond donors (Lipinski definition) is 3. The summed E-state index contributed by atoms with van der Waals surface area (Å²) in [5.74, 6) is -0.896. The predicted octanol–water partition coefficient (Wildman–Crippen LogP) is 5.76. The number of aryl methyl sites for hydroxylation is 1. The highest BCUT2D eigenvalue weighted by atomic mass is 35.5. The van der Waals surface area contributed by atoms with Crippen molar-refractivity contribution in [3.63, 3.8) is 0 Å². The molecule has 7 nitrogen and oxygen atoms in total. The summed E-state index contributed by atoms with van der Waals surface area (Å²) in [6.07, 6.45) is 1.35. The van der Waals surface area contributed by atoms with Gasteiger partial charge in [-0.05, 0) is 54.3 Å². The van der Waals surface area contributed by atoms with Crippen LogP contribution in [0.4, 0.5) is 4.39 Å². The summed E-state index contributed by atoms with van der Waals surface area (Å²) in [6, 6.07) is 12.6. The molecule has 0 aliphatic heterocycles. The fraction of sp³-hybridized carbons (Fsp3) is 0.370. The number of aromatic hydroxyl groups is 2. The van der Waals surface area contributed by atoms with Gasteiger partial charge in [-0.2, -0.15) is 0 Å². The van der Waals surface area contributed by atoms with Gasteiger partial charge in [-0.15, -0.1) is 0 Å². The highest BCUT2D eigenvalue weighted by molar-refractivity contribution is 6.30. The molecule has 1 aromatic heterocycles. The molecule has 9 heteroatoms. The van der Waals surface area contributed by atoms with E-state index in [1.165, 1.54) is 28.8 Å². The van der Waals surface area contributed by atoms with Gasteiger partial charge in [0, 0.05) is 24.7 Å². The summed E-state index contributed by atoms with van der Waals surface area (Å²) in [7, 11) is 0. The molecule has 0 saturated carbocycles. The molecule has 36 heavy (non-hydrogen) atoms. The van der Waals surface area contributed by atoms with Crippen LogP contribution in [0.3, 0.4) is 0 Å². The van der Waals surface area contributed by atoms with E-state index in [9.17, 15) is 24.5 Å². The van der Waals surface area contributed by atoms with Gasteiger partial charge in [-0.1, -0.05) is 43.6 Å². The molecule has 0 aliphatic carbocycles. The number of benzene rings is 2. The van der Waals surface area contributed by atoms with Gasteiger partial charge < -0.3 is 20.1 Å². The second-order valence-corrected chi connectivity index (χ2v) is 9.01. The Hall–Kier alpha value is -3.23. The van der Waals surface area contributed by atoms with E-state index >= 15 is 0 Å². The van der Waals surface area contributed by atoms with Crippen LogP contribution in [-0.4, -0.2) is 43.9 Å². The van der Waals surface area contributed by atoms with E-state index in [0.29, 0.717) is 24.4 Å². The summed E-state index contributed by atoms with van der Waals surface area (Å²) < 4.78 is 21.5. The number of aromatic nitrogens is 1. The summed E-state index contributed by atoms with van der Waals surface area (Å²) in [5.41, 5.74) is 2.54. The zero-order chi connectivity index (χ0) is 26.2. The lowest BCUT2D eigenvalue weighted by atomic mass is 9.99. The normalized spacial score (nSPS) is 12.1. The zero-order valence-electron chi connectivity index (χ0n) is 20.5. The molecule has 0 aliphatic rings. The van der Waals surface area contributed by atoms with Crippen LogP contribution in [0, 0.1) is 5.82 Å². The maximum Gasteiger partial charge on any atom is 0.305 e. The Labute approximate surface area is 215 Å². The lowest BCUT2D eigenvalue weighted by Gasteiger charge is -2.31. The number of halogens is 2. The van der Waals surface area contributed by atoms with Crippen LogP contribution in [0.5, 0.6) is 17.5 Å². The Morgan fingerprint density at radius 3 is 2.44 bits per heavy atom. The number of nitrogens with zero attached hydrogens (tertiary/aromatic N) is 2. The number of carboxylic acids is 1. The van der Waals surface area contributed by atoms with Gasteiger partial charge in [-0.3, -0.25) is 14.3 Å². The molecule has 0 fully saturated rings. The van der Waals surface area contributed by atoms with E-state index < -0.39 is 17.8 Å². The molecule has 3 rings (SSSR count). The maximum absolute atomic E-state index is 14.2. The minimum atomic E-state index is -0.964. The third kappa shape index (κ3) is 6.92. The van der Waals surface area contributed by atoms with Gasteiger partial charge >= 0.3 is 5.97 Å². The van der Waals surface area contributed by atoms with Crippen molar-refractivity contribution in [3.8, 4) is 17.5 Å². The fourth-order valence-electron chi connectivity index (χ4n) is 4.28. The van der Waals surface area contributed by atoms with E-state index in [0.717, 1.165) is 24.0 Å². The molecule has 2 aromatic carbocycles. The van der Waals surface area contributed by atoms with E-state index in [-0.39, 0.29) is 36.4 Å². The Kier molecular flexibility index (Phi) is 9.61. The molecule has 194 valence electrons. The first-order valence-electron chi connectivity index (χ1n) is 12.0. The Bertz CT molecular complexity index is 1160. The molecular formula is C27H32ClFN2O5. The molecule has 1 unspecified atom stereocenters. The lowest BCUT2D eigenvalue weighted by molar-refractivity contribution is -0.138. The van der Waals surface area contributed by atoms with Crippen molar-refractivity contribution in [3.05, 3.63) is 76.1 Å². The second kappa shape index (κ2) is 12.6. The minimum absolute atomic E-state index is 0.000225. The standard InChI is InChI=1S/C27H32ClFN2O5/c1-3-11-30(23(16-27(34)35)20-6-7-21(28)22(29)15-20)17-18-5-8-24(19(4-2)14-18)36-13-12-31-25(32)9-10-26(31)33/h5-10,14-15,23,32-33H,3-4,11-13,16-17H2,1-2H3,(H,34,35). The number of carbonyl (C=O) groups is 1. The zero-order valence-corrected chi connectivity index (χ0v) is 21.2. The van der Waals surface area contributed by atoms with Crippen LogP contribution in [0.15, 0.2) is 48.5 Å². The van der Waals surface area contributed by atoms with Crippen LogP contribution in [0.2, 0.25) is 5.02 Å². The smallest absolute Gasteiger partial charge is 0.305 e. The van der Waals surface area contributed by atoms with Crippen LogP contribution in [0.25, 0.3) is 0 Å². The summed E-state index contributed by atoms with van der Waals surface area (Å²) >= 11 is 5.85. The van der Waals surface area contributed by atoms with Crippen molar-refractivity contribution in [1.82, 2.24) is 9.47 Å². The van der Waals surface area contributed by atoms with Crippen LogP contribution >= 0.6 is 11.6 Å². The van der Waals surface area contributed by atoms with E-state index in [1.807, 2.05) is 36.9 Å². The largest absolute Gasteiger partial charge is 0.494 e. The van der Waals surface area contributed by atoms with E-state index in [2.05, 4.69) is 0 Å². The summed E-state index contributed by atoms with van der Waals surface area (Å²) in [5, 5.41) is 29.1. The fourth-order valence-corrected chi connectivity index (χ4v) is 4.40. The molecule has 1 heterocycles. The first-order chi connectivity index (χ1) is 17.2. The highest BCUT2D eigenvalue weighted by Gasteiger charge is 2.24. The van der Waals surface area contributed by atoms with E-state index in [4.69, 9.17) is 16.3 Å². The Balaban J connectivity index is 1.78. The number of aliphatic carboxylic acids is 1. The molecule has 0 bridgehead atoms. The van der Waals surface area contributed by atoms with Gasteiger partial charge in [0.1, 0.15) is 18.2 Å². The predicted molar refractivity (Wildman–Crippen MR) is 136 cm³/mol. The molecule has 0 saturated heterocycles. The SMILES string of the molecule is CCCN(Cc1ccc(OCCn2c(O)ccc2O)c(CC)c1)C(CC(=O)O)c1ccc(Cl)c(F)c1. The first-order valence-corrected chi connectivity index (χ1v) is 12.3. The number of hydrogen-bond acceptors (Lipinski definition) is 5. The van der Waals surface area contributed by atoms with Crippen LogP contribution in [-0.2, 0) is 24.3 Å². The maximum atomic E-state index is 14.2. The van der Waals surface area contributed by atoms with Crippen molar-refractivity contribution in [1.29, 1.82) is 0 Å². The average Bonchev–Trinajstić information content (AvgIpc) is 3.17. The van der Waals surface area contributed by atoms with Gasteiger partial charge in [0.2, 0.25) is 0 Å². The number of rotatable bonds is 13. The van der Waals surface area contributed by atoms with Crippen molar-refractivity contribution < 1.29 is 29.2 Å². The van der Waals surface area contributed by atoms with Crippen molar-refractivity contribution >= 4 is 17.6 Å². The molecule has 1 atom stereocenters. The first kappa shape index (κ1) is 27.4. The van der Waals surface area contributed by atoms with Gasteiger partial charge in [0.05, 0.1) is 18.0 Å². The average molecular weight is 519 g/mol. The molecular weight excluding hydrogens is 487 g/mol.